The summed E-state index contributed by atoms with van der Waals surface area (Å²) >= 11 is 0. The molecule has 110 valence electrons. The van der Waals surface area contributed by atoms with Crippen LogP contribution in [0, 0.1) is 5.82 Å². The molecule has 3 heteroatoms. The van der Waals surface area contributed by atoms with E-state index in [-0.39, 0.29) is 17.9 Å². The number of ether oxygens (including phenoxy) is 1. The summed E-state index contributed by atoms with van der Waals surface area (Å²) in [6, 6.07) is 15.9. The summed E-state index contributed by atoms with van der Waals surface area (Å²) in [7, 11) is 0. The van der Waals surface area contributed by atoms with E-state index < -0.39 is 0 Å². The van der Waals surface area contributed by atoms with Crippen molar-refractivity contribution in [1.29, 1.82) is 0 Å². The van der Waals surface area contributed by atoms with Crippen molar-refractivity contribution in [2.75, 3.05) is 0 Å². The van der Waals surface area contributed by atoms with Crippen molar-refractivity contribution in [1.82, 2.24) is 0 Å². The summed E-state index contributed by atoms with van der Waals surface area (Å²) in [5.41, 5.74) is 1.89. The van der Waals surface area contributed by atoms with Gasteiger partial charge in [0.25, 0.3) is 0 Å². The van der Waals surface area contributed by atoms with E-state index in [2.05, 4.69) is 0 Å². The molecule has 0 amide bonds. The van der Waals surface area contributed by atoms with Crippen molar-refractivity contribution < 1.29 is 13.9 Å². The average molecular weight is 286 g/mol. The first-order valence-corrected chi connectivity index (χ1v) is 7.18. The smallest absolute Gasteiger partial charge is 0.306 e. The molecule has 0 saturated carbocycles. The summed E-state index contributed by atoms with van der Waals surface area (Å²) in [6.07, 6.45) is 1.37. The highest BCUT2D eigenvalue weighted by Gasteiger charge is 2.17. The Bertz CT molecular complexity index is 564. The molecular formula is C18H19FO2. The van der Waals surface area contributed by atoms with Gasteiger partial charge in [-0.3, -0.25) is 4.79 Å². The Labute approximate surface area is 124 Å². The molecule has 0 aliphatic rings. The zero-order valence-corrected chi connectivity index (χ0v) is 12.1. The Morgan fingerprint density at radius 1 is 1.10 bits per heavy atom. The van der Waals surface area contributed by atoms with E-state index in [0.717, 1.165) is 17.5 Å². The number of carbonyl (C=O) groups is 1. The highest BCUT2D eigenvalue weighted by Crippen LogP contribution is 2.23. The third-order valence-corrected chi connectivity index (χ3v) is 3.23. The predicted octanol–water partition coefficient (Wildman–Crippen LogP) is 4.45. The number of rotatable bonds is 6. The minimum Gasteiger partial charge on any atom is -0.457 e. The number of hydrogen-bond acceptors (Lipinski definition) is 2. The molecule has 0 saturated heterocycles. The van der Waals surface area contributed by atoms with Gasteiger partial charge in [0.1, 0.15) is 11.9 Å². The van der Waals surface area contributed by atoms with Crippen molar-refractivity contribution in [2.45, 2.75) is 32.3 Å². The molecule has 2 aromatic carbocycles. The molecule has 0 bridgehead atoms. The number of esters is 1. The topological polar surface area (TPSA) is 26.3 Å². The summed E-state index contributed by atoms with van der Waals surface area (Å²) in [6.45, 7) is 1.94. The highest BCUT2D eigenvalue weighted by atomic mass is 19.1. The Balaban J connectivity index is 2.15. The molecule has 21 heavy (non-hydrogen) atoms. The molecule has 2 nitrogen and oxygen atoms in total. The lowest BCUT2D eigenvalue weighted by Gasteiger charge is -2.18. The average Bonchev–Trinajstić information content (AvgIpc) is 2.50. The van der Waals surface area contributed by atoms with E-state index in [1.54, 1.807) is 12.1 Å². The lowest BCUT2D eigenvalue weighted by atomic mass is 10.0. The van der Waals surface area contributed by atoms with Crippen molar-refractivity contribution in [3.8, 4) is 0 Å². The molecule has 0 aliphatic heterocycles. The van der Waals surface area contributed by atoms with Gasteiger partial charge in [0.15, 0.2) is 0 Å². The van der Waals surface area contributed by atoms with Gasteiger partial charge in [0.05, 0.1) is 0 Å². The van der Waals surface area contributed by atoms with Gasteiger partial charge in [0, 0.05) is 12.8 Å². The molecule has 0 radical (unpaired) electrons. The molecule has 0 unspecified atom stereocenters. The van der Waals surface area contributed by atoms with Crippen molar-refractivity contribution in [2.24, 2.45) is 0 Å². The van der Waals surface area contributed by atoms with Gasteiger partial charge in [-0.1, -0.05) is 49.4 Å². The summed E-state index contributed by atoms with van der Waals surface area (Å²) < 4.78 is 18.6. The van der Waals surface area contributed by atoms with Crippen LogP contribution in [-0.2, 0) is 16.0 Å². The molecule has 0 spiro atoms. The monoisotopic (exact) mass is 286 g/mol. The van der Waals surface area contributed by atoms with Crippen LogP contribution in [0.4, 0.5) is 4.39 Å². The number of halogens is 1. The van der Waals surface area contributed by atoms with E-state index in [0.29, 0.717) is 12.8 Å². The first-order valence-electron chi connectivity index (χ1n) is 7.18. The quantitative estimate of drug-likeness (QED) is 0.733. The Morgan fingerprint density at radius 3 is 2.38 bits per heavy atom. The summed E-state index contributed by atoms with van der Waals surface area (Å²) in [5, 5.41) is 0. The molecule has 2 rings (SSSR count). The zero-order valence-electron chi connectivity index (χ0n) is 12.1. The number of hydrogen-bond donors (Lipinski definition) is 0. The molecule has 0 aromatic heterocycles. The fourth-order valence-corrected chi connectivity index (χ4v) is 2.15. The van der Waals surface area contributed by atoms with Crippen LogP contribution in [0.25, 0.3) is 0 Å². The fraction of sp³-hybridized carbons (Fsp3) is 0.278. The van der Waals surface area contributed by atoms with Crippen molar-refractivity contribution >= 4 is 5.97 Å². The van der Waals surface area contributed by atoms with Crippen LogP contribution in [-0.4, -0.2) is 5.97 Å². The first kappa shape index (κ1) is 15.2. The van der Waals surface area contributed by atoms with Crippen LogP contribution in [0.3, 0.4) is 0 Å². The van der Waals surface area contributed by atoms with Gasteiger partial charge in [-0.2, -0.15) is 0 Å². The fourth-order valence-electron chi connectivity index (χ4n) is 2.15. The van der Waals surface area contributed by atoms with Gasteiger partial charge in [-0.25, -0.2) is 4.39 Å². The highest BCUT2D eigenvalue weighted by molar-refractivity contribution is 5.69. The SMILES string of the molecule is CCCC(=O)O[C@@H](Cc1ccc(F)cc1)c1ccccc1. The molecule has 1 atom stereocenters. The molecule has 0 aliphatic carbocycles. The van der Waals surface area contributed by atoms with Gasteiger partial charge in [-0.05, 0) is 29.7 Å². The maximum atomic E-state index is 13.0. The van der Waals surface area contributed by atoms with Crippen LogP contribution in [0.2, 0.25) is 0 Å². The van der Waals surface area contributed by atoms with Crippen molar-refractivity contribution in [3.63, 3.8) is 0 Å². The molecule has 0 heterocycles. The third-order valence-electron chi connectivity index (χ3n) is 3.23. The predicted molar refractivity (Wildman–Crippen MR) is 80.3 cm³/mol. The second-order valence-electron chi connectivity index (χ2n) is 4.97. The Morgan fingerprint density at radius 2 is 1.76 bits per heavy atom. The van der Waals surface area contributed by atoms with E-state index in [1.807, 2.05) is 37.3 Å². The molecular weight excluding hydrogens is 267 g/mol. The minimum absolute atomic E-state index is 0.200. The van der Waals surface area contributed by atoms with Crippen molar-refractivity contribution in [3.05, 3.63) is 71.5 Å². The van der Waals surface area contributed by atoms with Gasteiger partial charge >= 0.3 is 5.97 Å². The van der Waals surface area contributed by atoms with Crippen LogP contribution in [0.15, 0.2) is 54.6 Å². The number of benzene rings is 2. The number of carbonyl (C=O) groups excluding carboxylic acids is 1. The summed E-state index contributed by atoms with van der Waals surface area (Å²) in [5.74, 6) is -0.466. The third kappa shape index (κ3) is 4.71. The van der Waals surface area contributed by atoms with E-state index >= 15 is 0 Å². The standard InChI is InChI=1S/C18H19FO2/c1-2-6-18(20)21-17(15-7-4-3-5-8-15)13-14-9-11-16(19)12-10-14/h3-5,7-12,17H,2,6,13H2,1H3/t17-/m0/s1. The zero-order chi connectivity index (χ0) is 15.1. The van der Waals surface area contributed by atoms with E-state index in [4.69, 9.17) is 4.74 Å². The maximum absolute atomic E-state index is 13.0. The van der Waals surface area contributed by atoms with E-state index in [1.165, 1.54) is 12.1 Å². The molecule has 0 fully saturated rings. The van der Waals surface area contributed by atoms with Gasteiger partial charge in [-0.15, -0.1) is 0 Å². The van der Waals surface area contributed by atoms with Crippen LogP contribution in [0.5, 0.6) is 0 Å². The second kappa shape index (κ2) is 7.58. The Kier molecular flexibility index (Phi) is 5.50. The lowest BCUT2D eigenvalue weighted by molar-refractivity contribution is -0.149. The molecule has 0 N–H and O–H groups in total. The van der Waals surface area contributed by atoms with Gasteiger partial charge < -0.3 is 4.74 Å². The Hall–Kier alpha value is -2.16. The summed E-state index contributed by atoms with van der Waals surface area (Å²) in [4.78, 5) is 11.8. The minimum atomic E-state index is -0.337. The first-order chi connectivity index (χ1) is 10.2. The largest absolute Gasteiger partial charge is 0.457 e. The maximum Gasteiger partial charge on any atom is 0.306 e. The molecule has 2 aromatic rings. The van der Waals surface area contributed by atoms with Crippen LogP contribution >= 0.6 is 0 Å². The lowest BCUT2D eigenvalue weighted by Crippen LogP contribution is -2.13. The van der Waals surface area contributed by atoms with Crippen LogP contribution in [0.1, 0.15) is 37.0 Å². The van der Waals surface area contributed by atoms with E-state index in [9.17, 15) is 9.18 Å². The van der Waals surface area contributed by atoms with Gasteiger partial charge in [0.2, 0.25) is 0 Å². The second-order valence-corrected chi connectivity index (χ2v) is 4.97. The van der Waals surface area contributed by atoms with Crippen LogP contribution < -0.4 is 0 Å². The normalized spacial score (nSPS) is 11.9.